The third-order valence-electron chi connectivity index (χ3n) is 3.46. The molecule has 0 saturated carbocycles. The van der Waals surface area contributed by atoms with Gasteiger partial charge in [0, 0.05) is 10.9 Å². The van der Waals surface area contributed by atoms with E-state index in [0.717, 1.165) is 35.7 Å². The van der Waals surface area contributed by atoms with E-state index in [0.29, 0.717) is 0 Å². The van der Waals surface area contributed by atoms with Gasteiger partial charge in [0.2, 0.25) is 0 Å². The zero-order valence-electron chi connectivity index (χ0n) is 12.8. The van der Waals surface area contributed by atoms with Gasteiger partial charge in [0.15, 0.2) is 0 Å². The maximum atomic E-state index is 6.45. The van der Waals surface area contributed by atoms with Gasteiger partial charge in [0.25, 0.3) is 0 Å². The van der Waals surface area contributed by atoms with E-state index in [1.165, 1.54) is 10.4 Å². The number of methoxy groups -OCH3 is 1. The molecule has 1 atom stereocenters. The molecule has 1 N–H and O–H groups in total. The van der Waals surface area contributed by atoms with Crippen LogP contribution in [-0.2, 0) is 6.42 Å². The second kappa shape index (κ2) is 7.83. The summed E-state index contributed by atoms with van der Waals surface area (Å²) in [5, 5.41) is 6.64. The zero-order valence-corrected chi connectivity index (χ0v) is 14.4. The van der Waals surface area contributed by atoms with E-state index in [1.807, 2.05) is 12.1 Å². The third kappa shape index (κ3) is 4.22. The number of rotatable bonds is 7. The van der Waals surface area contributed by atoms with Gasteiger partial charge in [0.05, 0.1) is 12.1 Å². The van der Waals surface area contributed by atoms with Crippen LogP contribution in [0.4, 0.5) is 0 Å². The Morgan fingerprint density at radius 3 is 2.81 bits per heavy atom. The van der Waals surface area contributed by atoms with Crippen LogP contribution in [0, 0.1) is 6.92 Å². The fourth-order valence-corrected chi connectivity index (χ4v) is 3.70. The highest BCUT2D eigenvalue weighted by atomic mass is 35.5. The van der Waals surface area contributed by atoms with E-state index in [1.54, 1.807) is 18.4 Å². The van der Waals surface area contributed by atoms with Crippen molar-refractivity contribution in [2.24, 2.45) is 0 Å². The number of ether oxygens (including phenoxy) is 1. The number of nitrogens with one attached hydrogen (secondary N) is 1. The van der Waals surface area contributed by atoms with Gasteiger partial charge in [-0.3, -0.25) is 0 Å². The highest BCUT2D eigenvalue weighted by Crippen LogP contribution is 2.34. The summed E-state index contributed by atoms with van der Waals surface area (Å²) in [6.45, 7) is 5.23. The van der Waals surface area contributed by atoms with Crippen LogP contribution < -0.4 is 10.1 Å². The topological polar surface area (TPSA) is 21.3 Å². The quantitative estimate of drug-likeness (QED) is 0.774. The standard InChI is InChI=1S/C17H22ClNOS/c1-4-8-19-15(17-16(18)12(2)11-21-17)10-13-6-5-7-14(9-13)20-3/h5-7,9,11,15,19H,4,8,10H2,1-3H3. The smallest absolute Gasteiger partial charge is 0.119 e. The molecule has 1 aromatic carbocycles. The average molecular weight is 324 g/mol. The Bertz CT molecular complexity index is 582. The molecule has 0 spiro atoms. The minimum absolute atomic E-state index is 0.253. The lowest BCUT2D eigenvalue weighted by molar-refractivity contribution is 0.414. The molecule has 0 saturated heterocycles. The molecule has 21 heavy (non-hydrogen) atoms. The highest BCUT2D eigenvalue weighted by molar-refractivity contribution is 7.10. The molecule has 0 radical (unpaired) electrons. The van der Waals surface area contributed by atoms with Crippen molar-refractivity contribution in [2.45, 2.75) is 32.7 Å². The molecule has 114 valence electrons. The van der Waals surface area contributed by atoms with E-state index < -0.39 is 0 Å². The molecule has 2 rings (SSSR count). The predicted molar refractivity (Wildman–Crippen MR) is 91.8 cm³/mol. The number of hydrogen-bond donors (Lipinski definition) is 1. The van der Waals surface area contributed by atoms with Gasteiger partial charge in [-0.2, -0.15) is 0 Å². The van der Waals surface area contributed by atoms with Gasteiger partial charge in [-0.25, -0.2) is 0 Å². The van der Waals surface area contributed by atoms with Gasteiger partial charge in [-0.05, 0) is 54.9 Å². The summed E-state index contributed by atoms with van der Waals surface area (Å²) in [6.07, 6.45) is 2.02. The van der Waals surface area contributed by atoms with Crippen LogP contribution in [0.15, 0.2) is 29.6 Å². The number of aryl methyl sites for hydroxylation is 1. The van der Waals surface area contributed by atoms with Crippen LogP contribution in [0.25, 0.3) is 0 Å². The lowest BCUT2D eigenvalue weighted by Crippen LogP contribution is -2.23. The molecule has 1 heterocycles. The Morgan fingerprint density at radius 2 is 2.19 bits per heavy atom. The number of thiophene rings is 1. The second-order valence-corrected chi connectivity index (χ2v) is 6.45. The van der Waals surface area contributed by atoms with Crippen LogP contribution in [-0.4, -0.2) is 13.7 Å². The van der Waals surface area contributed by atoms with Crippen LogP contribution >= 0.6 is 22.9 Å². The molecule has 0 aliphatic carbocycles. The summed E-state index contributed by atoms with van der Waals surface area (Å²) in [6, 6.07) is 8.49. The SMILES string of the molecule is CCCNC(Cc1cccc(OC)c1)c1scc(C)c1Cl. The van der Waals surface area contributed by atoms with Crippen molar-refractivity contribution in [2.75, 3.05) is 13.7 Å². The van der Waals surface area contributed by atoms with Gasteiger partial charge < -0.3 is 10.1 Å². The van der Waals surface area contributed by atoms with E-state index in [-0.39, 0.29) is 6.04 Å². The van der Waals surface area contributed by atoms with Crippen LogP contribution in [0.1, 0.15) is 35.4 Å². The minimum atomic E-state index is 0.253. The Balaban J connectivity index is 2.21. The Kier molecular flexibility index (Phi) is 6.09. The first-order chi connectivity index (χ1) is 10.2. The van der Waals surface area contributed by atoms with Crippen molar-refractivity contribution >= 4 is 22.9 Å². The third-order valence-corrected chi connectivity index (χ3v) is 5.28. The molecule has 0 aliphatic heterocycles. The summed E-state index contributed by atoms with van der Waals surface area (Å²) in [5.74, 6) is 0.898. The maximum Gasteiger partial charge on any atom is 0.119 e. The van der Waals surface area contributed by atoms with Crippen molar-refractivity contribution in [3.63, 3.8) is 0 Å². The first-order valence-corrected chi connectivity index (χ1v) is 8.51. The summed E-state index contributed by atoms with van der Waals surface area (Å²) in [4.78, 5) is 1.23. The Labute approximate surface area is 136 Å². The van der Waals surface area contributed by atoms with Crippen LogP contribution in [0.3, 0.4) is 0 Å². The van der Waals surface area contributed by atoms with E-state index >= 15 is 0 Å². The molecule has 0 aliphatic rings. The molecule has 2 aromatic rings. The van der Waals surface area contributed by atoms with Crippen molar-refractivity contribution in [3.8, 4) is 5.75 Å². The second-order valence-electron chi connectivity index (χ2n) is 5.16. The highest BCUT2D eigenvalue weighted by Gasteiger charge is 2.18. The largest absolute Gasteiger partial charge is 0.497 e. The van der Waals surface area contributed by atoms with Gasteiger partial charge in [0.1, 0.15) is 5.75 Å². The van der Waals surface area contributed by atoms with Crippen molar-refractivity contribution in [1.29, 1.82) is 0 Å². The number of hydrogen-bond acceptors (Lipinski definition) is 3. The maximum absolute atomic E-state index is 6.45. The van der Waals surface area contributed by atoms with Gasteiger partial charge >= 0.3 is 0 Å². The zero-order chi connectivity index (χ0) is 15.2. The van der Waals surface area contributed by atoms with Crippen molar-refractivity contribution in [1.82, 2.24) is 5.32 Å². The van der Waals surface area contributed by atoms with Crippen molar-refractivity contribution in [3.05, 3.63) is 50.7 Å². The molecule has 0 fully saturated rings. The Morgan fingerprint density at radius 1 is 1.38 bits per heavy atom. The Hall–Kier alpha value is -1.03. The van der Waals surface area contributed by atoms with Gasteiger partial charge in [-0.1, -0.05) is 30.7 Å². The monoisotopic (exact) mass is 323 g/mol. The van der Waals surface area contributed by atoms with Gasteiger partial charge in [-0.15, -0.1) is 11.3 Å². The van der Waals surface area contributed by atoms with E-state index in [4.69, 9.17) is 16.3 Å². The normalized spacial score (nSPS) is 12.4. The van der Waals surface area contributed by atoms with E-state index in [9.17, 15) is 0 Å². The molecule has 2 nitrogen and oxygen atoms in total. The molecule has 0 amide bonds. The number of benzene rings is 1. The number of halogens is 1. The average Bonchev–Trinajstić information content (AvgIpc) is 2.83. The molecule has 4 heteroatoms. The van der Waals surface area contributed by atoms with E-state index in [2.05, 4.69) is 36.7 Å². The first kappa shape index (κ1) is 16.3. The molecular formula is C17H22ClNOS. The summed E-state index contributed by atoms with van der Waals surface area (Å²) in [5.41, 5.74) is 2.41. The predicted octanol–water partition coefficient (Wildman–Crippen LogP) is 5.00. The van der Waals surface area contributed by atoms with Crippen molar-refractivity contribution < 1.29 is 4.74 Å². The molecule has 0 bridgehead atoms. The fraction of sp³-hybridized carbons (Fsp3) is 0.412. The first-order valence-electron chi connectivity index (χ1n) is 7.25. The molecule has 1 aromatic heterocycles. The summed E-state index contributed by atoms with van der Waals surface area (Å²) < 4.78 is 5.31. The minimum Gasteiger partial charge on any atom is -0.497 e. The summed E-state index contributed by atoms with van der Waals surface area (Å²) >= 11 is 8.19. The van der Waals surface area contributed by atoms with Crippen LogP contribution in [0.2, 0.25) is 5.02 Å². The lowest BCUT2D eigenvalue weighted by atomic mass is 10.0. The molecular weight excluding hydrogens is 302 g/mol. The van der Waals surface area contributed by atoms with Crippen LogP contribution in [0.5, 0.6) is 5.75 Å². The molecule has 1 unspecified atom stereocenters. The summed E-state index contributed by atoms with van der Waals surface area (Å²) in [7, 11) is 1.70. The fourth-order valence-electron chi connectivity index (χ4n) is 2.30. The lowest BCUT2D eigenvalue weighted by Gasteiger charge is -2.18.